The minimum atomic E-state index is -0.543. The van der Waals surface area contributed by atoms with E-state index in [1.807, 2.05) is 30.3 Å². The van der Waals surface area contributed by atoms with Crippen molar-refractivity contribution in [2.75, 3.05) is 13.1 Å². The van der Waals surface area contributed by atoms with Crippen molar-refractivity contribution in [3.8, 4) is 0 Å². The van der Waals surface area contributed by atoms with E-state index in [1.54, 1.807) is 0 Å². The maximum Gasteiger partial charge on any atom is 0.410 e. The van der Waals surface area contributed by atoms with E-state index >= 15 is 0 Å². The molecule has 1 fully saturated rings. The maximum atomic E-state index is 12.1. The number of carbonyl (C=O) groups excluding carboxylic acids is 2. The van der Waals surface area contributed by atoms with Crippen LogP contribution >= 0.6 is 0 Å². The molecule has 1 aliphatic rings. The van der Waals surface area contributed by atoms with Crippen LogP contribution in [0.15, 0.2) is 35.4 Å². The molecule has 1 unspecified atom stereocenters. The van der Waals surface area contributed by atoms with Crippen molar-refractivity contribution >= 4 is 11.9 Å². The Morgan fingerprint density at radius 3 is 2.86 bits per heavy atom. The quantitative estimate of drug-likeness (QED) is 0.473. The summed E-state index contributed by atoms with van der Waals surface area (Å²) in [6, 6.07) is 8.80. The SMILES string of the molecule is [N-]=[N+]=NCC(=O)C1CCCN1C(=O)OCc1ccccc1. The van der Waals surface area contributed by atoms with E-state index in [4.69, 9.17) is 10.3 Å². The molecule has 21 heavy (non-hydrogen) atoms. The molecule has 0 aliphatic carbocycles. The fraction of sp³-hybridized carbons (Fsp3) is 0.429. The first kappa shape index (κ1) is 14.9. The zero-order chi connectivity index (χ0) is 15.1. The van der Waals surface area contributed by atoms with E-state index in [9.17, 15) is 9.59 Å². The van der Waals surface area contributed by atoms with E-state index in [-0.39, 0.29) is 18.9 Å². The first-order valence-corrected chi connectivity index (χ1v) is 6.73. The van der Waals surface area contributed by atoms with Crippen molar-refractivity contribution < 1.29 is 14.3 Å². The Bertz CT molecular complexity index is 555. The summed E-state index contributed by atoms with van der Waals surface area (Å²) in [5.41, 5.74) is 9.13. The Labute approximate surface area is 122 Å². The van der Waals surface area contributed by atoms with E-state index < -0.39 is 12.1 Å². The number of ketones is 1. The molecule has 0 bridgehead atoms. The number of amides is 1. The molecule has 1 saturated heterocycles. The van der Waals surface area contributed by atoms with Crippen LogP contribution < -0.4 is 0 Å². The Morgan fingerprint density at radius 1 is 1.38 bits per heavy atom. The monoisotopic (exact) mass is 288 g/mol. The number of hydrogen-bond donors (Lipinski definition) is 0. The third kappa shape index (κ3) is 3.97. The van der Waals surface area contributed by atoms with Gasteiger partial charge in [-0.1, -0.05) is 35.4 Å². The van der Waals surface area contributed by atoms with Gasteiger partial charge in [-0.15, -0.1) is 0 Å². The van der Waals surface area contributed by atoms with Crippen molar-refractivity contribution in [1.82, 2.24) is 4.90 Å². The van der Waals surface area contributed by atoms with Crippen LogP contribution in [0.4, 0.5) is 4.79 Å². The van der Waals surface area contributed by atoms with Crippen LogP contribution in [-0.4, -0.2) is 35.9 Å². The molecule has 1 amide bonds. The van der Waals surface area contributed by atoms with Crippen LogP contribution in [0.1, 0.15) is 18.4 Å². The summed E-state index contributed by atoms with van der Waals surface area (Å²) in [6.45, 7) is 0.428. The van der Waals surface area contributed by atoms with Crippen LogP contribution in [0, 0.1) is 0 Å². The van der Waals surface area contributed by atoms with Gasteiger partial charge in [-0.05, 0) is 23.9 Å². The molecule has 0 radical (unpaired) electrons. The average Bonchev–Trinajstić information content (AvgIpc) is 3.01. The molecule has 110 valence electrons. The summed E-state index contributed by atoms with van der Waals surface area (Å²) >= 11 is 0. The van der Waals surface area contributed by atoms with Crippen molar-refractivity contribution in [3.63, 3.8) is 0 Å². The number of azide groups is 1. The average molecular weight is 288 g/mol. The largest absolute Gasteiger partial charge is 0.445 e. The van der Waals surface area contributed by atoms with E-state index in [0.29, 0.717) is 13.0 Å². The lowest BCUT2D eigenvalue weighted by atomic mass is 10.1. The number of nitrogens with zero attached hydrogens (tertiary/aromatic N) is 4. The van der Waals surface area contributed by atoms with Gasteiger partial charge in [0, 0.05) is 11.5 Å². The van der Waals surface area contributed by atoms with Gasteiger partial charge in [0.25, 0.3) is 0 Å². The summed E-state index contributed by atoms with van der Waals surface area (Å²) < 4.78 is 5.23. The summed E-state index contributed by atoms with van der Waals surface area (Å²) in [6.07, 6.45) is 0.823. The normalized spacial score (nSPS) is 17.1. The lowest BCUT2D eigenvalue weighted by molar-refractivity contribution is -0.121. The van der Waals surface area contributed by atoms with E-state index in [1.165, 1.54) is 4.90 Å². The topological polar surface area (TPSA) is 95.4 Å². The molecule has 1 atom stereocenters. The van der Waals surface area contributed by atoms with Gasteiger partial charge in [0.1, 0.15) is 6.61 Å². The second-order valence-electron chi connectivity index (χ2n) is 4.75. The fourth-order valence-corrected chi connectivity index (χ4v) is 2.33. The molecule has 2 rings (SSSR count). The molecule has 1 aromatic rings. The van der Waals surface area contributed by atoms with Gasteiger partial charge in [0.05, 0.1) is 12.6 Å². The van der Waals surface area contributed by atoms with E-state index in [0.717, 1.165) is 12.0 Å². The van der Waals surface area contributed by atoms with Gasteiger partial charge in [-0.2, -0.15) is 0 Å². The van der Waals surface area contributed by atoms with Crippen molar-refractivity contribution in [2.45, 2.75) is 25.5 Å². The molecule has 1 aromatic carbocycles. The van der Waals surface area contributed by atoms with Crippen LogP contribution in [0.5, 0.6) is 0 Å². The summed E-state index contributed by atoms with van der Waals surface area (Å²) in [5.74, 6) is -0.248. The zero-order valence-electron chi connectivity index (χ0n) is 11.5. The molecular weight excluding hydrogens is 272 g/mol. The van der Waals surface area contributed by atoms with Crippen molar-refractivity contribution in [1.29, 1.82) is 0 Å². The molecule has 0 N–H and O–H groups in total. The van der Waals surface area contributed by atoms with Crippen LogP contribution in [-0.2, 0) is 16.1 Å². The minimum Gasteiger partial charge on any atom is -0.445 e. The van der Waals surface area contributed by atoms with Crippen LogP contribution in [0.25, 0.3) is 10.4 Å². The lowest BCUT2D eigenvalue weighted by Gasteiger charge is -2.22. The Balaban J connectivity index is 1.91. The van der Waals surface area contributed by atoms with Gasteiger partial charge in [-0.3, -0.25) is 9.69 Å². The minimum absolute atomic E-state index is 0.174. The van der Waals surface area contributed by atoms with Gasteiger partial charge in [-0.25, -0.2) is 4.79 Å². The Kier molecular flexibility index (Phi) is 5.17. The second kappa shape index (κ2) is 7.31. The van der Waals surface area contributed by atoms with Crippen molar-refractivity contribution in [2.24, 2.45) is 5.11 Å². The number of hydrogen-bond acceptors (Lipinski definition) is 4. The summed E-state index contributed by atoms with van der Waals surface area (Å²) in [5, 5.41) is 3.26. The van der Waals surface area contributed by atoms with Gasteiger partial charge in [0.15, 0.2) is 5.78 Å². The number of benzene rings is 1. The highest BCUT2D eigenvalue weighted by molar-refractivity contribution is 5.89. The highest BCUT2D eigenvalue weighted by atomic mass is 16.6. The number of Topliss-reactive ketones (excluding diaryl/α,β-unsaturated/α-hetero) is 1. The van der Waals surface area contributed by atoms with Gasteiger partial charge < -0.3 is 4.74 Å². The number of rotatable bonds is 5. The first-order chi connectivity index (χ1) is 10.2. The molecular formula is C14H16N4O3. The van der Waals surface area contributed by atoms with Crippen molar-refractivity contribution in [3.05, 3.63) is 46.3 Å². The highest BCUT2D eigenvalue weighted by Gasteiger charge is 2.34. The summed E-state index contributed by atoms with van der Waals surface area (Å²) in [7, 11) is 0. The first-order valence-electron chi connectivity index (χ1n) is 6.73. The Morgan fingerprint density at radius 2 is 2.14 bits per heavy atom. The smallest absolute Gasteiger partial charge is 0.410 e. The molecule has 1 aliphatic heterocycles. The highest BCUT2D eigenvalue weighted by Crippen LogP contribution is 2.19. The lowest BCUT2D eigenvalue weighted by Crippen LogP contribution is -2.41. The molecule has 0 aromatic heterocycles. The van der Waals surface area contributed by atoms with Gasteiger partial charge >= 0.3 is 6.09 Å². The zero-order valence-corrected chi connectivity index (χ0v) is 11.5. The fourth-order valence-electron chi connectivity index (χ4n) is 2.33. The van der Waals surface area contributed by atoms with Gasteiger partial charge in [0.2, 0.25) is 0 Å². The molecule has 0 saturated carbocycles. The van der Waals surface area contributed by atoms with E-state index in [2.05, 4.69) is 10.0 Å². The molecule has 7 heteroatoms. The molecule has 7 nitrogen and oxygen atoms in total. The summed E-state index contributed by atoms with van der Waals surface area (Å²) in [4.78, 5) is 27.9. The predicted molar refractivity (Wildman–Crippen MR) is 75.4 cm³/mol. The molecule has 0 spiro atoms. The molecule has 1 heterocycles. The van der Waals surface area contributed by atoms with Crippen LogP contribution in [0.2, 0.25) is 0 Å². The van der Waals surface area contributed by atoms with Crippen LogP contribution in [0.3, 0.4) is 0 Å². The Hall–Kier alpha value is -2.53. The number of likely N-dealkylation sites (tertiary alicyclic amines) is 1. The second-order valence-corrected chi connectivity index (χ2v) is 4.75. The third-order valence-corrected chi connectivity index (χ3v) is 3.35. The third-order valence-electron chi connectivity index (χ3n) is 3.35. The number of carbonyl (C=O) groups is 2. The number of ether oxygens (including phenoxy) is 1. The standard InChI is InChI=1S/C14H16N4O3/c15-17-16-9-13(19)12-7-4-8-18(12)14(20)21-10-11-5-2-1-3-6-11/h1-3,5-6,12H,4,7-10H2. The predicted octanol–water partition coefficient (Wildman–Crippen LogP) is 2.67. The maximum absolute atomic E-state index is 12.1.